The summed E-state index contributed by atoms with van der Waals surface area (Å²) >= 11 is 0. The smallest absolute Gasteiger partial charge is 0.408 e. The first-order chi connectivity index (χ1) is 14.9. The standard InChI is InChI=1S/C24H38N2O6/c1-16(2)21(25-23(29)31-15-18-12-10-9-11-13-18)22(28)26(7)17(3)19(30-8)14-20(27)32-24(4,5)6/h9-13,16-17,19,21H,14-15H2,1-8H3,(H,25,29)/t17-,19+,21-/m0/s1. The quantitative estimate of drug-likeness (QED) is 0.548. The summed E-state index contributed by atoms with van der Waals surface area (Å²) in [5, 5.41) is 2.67. The minimum absolute atomic E-state index is 0.00540. The predicted octanol–water partition coefficient (Wildman–Crippen LogP) is 3.53. The second-order valence-electron chi connectivity index (χ2n) is 9.18. The fraction of sp³-hybridized carbons (Fsp3) is 0.625. The van der Waals surface area contributed by atoms with Gasteiger partial charge in [0.2, 0.25) is 5.91 Å². The van der Waals surface area contributed by atoms with Crippen molar-refractivity contribution in [1.29, 1.82) is 0 Å². The van der Waals surface area contributed by atoms with Gasteiger partial charge in [0.1, 0.15) is 18.2 Å². The Balaban J connectivity index is 2.75. The summed E-state index contributed by atoms with van der Waals surface area (Å²) < 4.78 is 16.1. The number of nitrogens with one attached hydrogen (secondary N) is 1. The third-order valence-electron chi connectivity index (χ3n) is 5.01. The summed E-state index contributed by atoms with van der Waals surface area (Å²) in [6.45, 7) is 11.0. The summed E-state index contributed by atoms with van der Waals surface area (Å²) in [7, 11) is 3.11. The first kappa shape index (κ1) is 27.4. The number of esters is 1. The molecule has 0 aromatic heterocycles. The maximum absolute atomic E-state index is 13.2. The van der Waals surface area contributed by atoms with Gasteiger partial charge < -0.3 is 24.4 Å². The summed E-state index contributed by atoms with van der Waals surface area (Å²) in [5.41, 5.74) is 0.249. The Hall–Kier alpha value is -2.61. The van der Waals surface area contributed by atoms with E-state index >= 15 is 0 Å². The maximum Gasteiger partial charge on any atom is 0.408 e. The third-order valence-corrected chi connectivity index (χ3v) is 5.01. The van der Waals surface area contributed by atoms with Crippen molar-refractivity contribution in [3.05, 3.63) is 35.9 Å². The highest BCUT2D eigenvalue weighted by Gasteiger charge is 2.34. The lowest BCUT2D eigenvalue weighted by Crippen LogP contribution is -2.54. The molecule has 0 heterocycles. The molecule has 0 fully saturated rings. The van der Waals surface area contributed by atoms with E-state index in [4.69, 9.17) is 14.2 Å². The molecule has 0 aliphatic heterocycles. The number of ether oxygens (including phenoxy) is 3. The largest absolute Gasteiger partial charge is 0.460 e. The van der Waals surface area contributed by atoms with Gasteiger partial charge >= 0.3 is 12.1 Å². The van der Waals surface area contributed by atoms with Gasteiger partial charge in [-0.3, -0.25) is 9.59 Å². The molecule has 0 aliphatic carbocycles. The second-order valence-corrected chi connectivity index (χ2v) is 9.18. The number of carbonyl (C=O) groups excluding carboxylic acids is 3. The molecule has 2 amide bonds. The molecule has 1 rings (SSSR count). The maximum atomic E-state index is 13.2. The lowest BCUT2D eigenvalue weighted by molar-refractivity contribution is -0.159. The molecule has 180 valence electrons. The van der Waals surface area contributed by atoms with Gasteiger partial charge in [-0.25, -0.2) is 4.79 Å². The van der Waals surface area contributed by atoms with Crippen molar-refractivity contribution < 1.29 is 28.6 Å². The molecule has 0 aliphatic rings. The van der Waals surface area contributed by atoms with Gasteiger partial charge in [-0.1, -0.05) is 44.2 Å². The first-order valence-electron chi connectivity index (χ1n) is 10.8. The molecule has 32 heavy (non-hydrogen) atoms. The lowest BCUT2D eigenvalue weighted by atomic mass is 10.0. The van der Waals surface area contributed by atoms with E-state index < -0.39 is 35.9 Å². The zero-order valence-electron chi connectivity index (χ0n) is 20.5. The molecule has 8 heteroatoms. The molecule has 0 unspecified atom stereocenters. The van der Waals surface area contributed by atoms with Crippen molar-refractivity contribution in [2.24, 2.45) is 5.92 Å². The topological polar surface area (TPSA) is 94.2 Å². The highest BCUT2D eigenvalue weighted by Crippen LogP contribution is 2.17. The first-order valence-corrected chi connectivity index (χ1v) is 10.8. The van der Waals surface area contributed by atoms with Crippen LogP contribution in [0.3, 0.4) is 0 Å². The number of carbonyl (C=O) groups is 3. The minimum Gasteiger partial charge on any atom is -0.460 e. The molecule has 0 bridgehead atoms. The summed E-state index contributed by atoms with van der Waals surface area (Å²) in [4.78, 5) is 39.2. The lowest BCUT2D eigenvalue weighted by Gasteiger charge is -2.34. The van der Waals surface area contributed by atoms with Crippen molar-refractivity contribution >= 4 is 18.0 Å². The second kappa shape index (κ2) is 12.4. The average Bonchev–Trinajstić information content (AvgIpc) is 2.72. The minimum atomic E-state index is -0.787. The molecule has 1 aromatic rings. The van der Waals surface area contributed by atoms with E-state index in [1.807, 2.05) is 44.2 Å². The highest BCUT2D eigenvalue weighted by molar-refractivity contribution is 5.86. The number of alkyl carbamates (subject to hydrolysis) is 1. The zero-order chi connectivity index (χ0) is 24.5. The number of benzene rings is 1. The Morgan fingerprint density at radius 2 is 1.66 bits per heavy atom. The van der Waals surface area contributed by atoms with E-state index in [1.165, 1.54) is 12.0 Å². The number of likely N-dealkylation sites (N-methyl/N-ethyl adjacent to an activating group) is 1. The molecular weight excluding hydrogens is 412 g/mol. The SMILES string of the molecule is CO[C@H](CC(=O)OC(C)(C)C)[C@H](C)N(C)C(=O)[C@@H](NC(=O)OCc1ccccc1)C(C)C. The molecule has 0 spiro atoms. The van der Waals surface area contributed by atoms with Crippen LogP contribution in [0.1, 0.15) is 53.5 Å². The van der Waals surface area contributed by atoms with E-state index in [1.54, 1.807) is 34.7 Å². The zero-order valence-corrected chi connectivity index (χ0v) is 20.5. The summed E-state index contributed by atoms with van der Waals surface area (Å²) in [6.07, 6.45) is -1.22. The number of hydrogen-bond acceptors (Lipinski definition) is 6. The normalized spacial score (nSPS) is 14.3. The molecule has 1 aromatic carbocycles. The van der Waals surface area contributed by atoms with Crippen LogP contribution in [-0.2, 0) is 30.4 Å². The number of rotatable bonds is 10. The Kier molecular flexibility index (Phi) is 10.7. The van der Waals surface area contributed by atoms with Gasteiger partial charge in [-0.15, -0.1) is 0 Å². The van der Waals surface area contributed by atoms with Crippen LogP contribution in [0.5, 0.6) is 0 Å². The van der Waals surface area contributed by atoms with E-state index in [0.29, 0.717) is 0 Å². The molecular formula is C24H38N2O6. The van der Waals surface area contributed by atoms with Crippen LogP contribution in [0.15, 0.2) is 30.3 Å². The number of nitrogens with zero attached hydrogens (tertiary/aromatic N) is 1. The van der Waals surface area contributed by atoms with Crippen LogP contribution >= 0.6 is 0 Å². The molecule has 0 radical (unpaired) electrons. The van der Waals surface area contributed by atoms with Gasteiger partial charge in [0.25, 0.3) is 0 Å². The Labute approximate surface area is 191 Å². The molecule has 0 saturated heterocycles. The van der Waals surface area contributed by atoms with Gasteiger partial charge in [0.15, 0.2) is 0 Å². The van der Waals surface area contributed by atoms with E-state index in [-0.39, 0.29) is 24.9 Å². The van der Waals surface area contributed by atoms with Crippen molar-refractivity contribution in [1.82, 2.24) is 10.2 Å². The van der Waals surface area contributed by atoms with Crippen molar-refractivity contribution in [3.8, 4) is 0 Å². The van der Waals surface area contributed by atoms with E-state index in [0.717, 1.165) is 5.56 Å². The van der Waals surface area contributed by atoms with E-state index in [2.05, 4.69) is 5.32 Å². The van der Waals surface area contributed by atoms with Crippen LogP contribution < -0.4 is 5.32 Å². The average molecular weight is 451 g/mol. The third kappa shape index (κ3) is 9.26. The van der Waals surface area contributed by atoms with Crippen molar-refractivity contribution in [2.75, 3.05) is 14.2 Å². The molecule has 0 saturated carbocycles. The summed E-state index contributed by atoms with van der Waals surface area (Å²) in [6, 6.07) is 8.08. The van der Waals surface area contributed by atoms with Gasteiger partial charge in [-0.05, 0) is 39.2 Å². The van der Waals surface area contributed by atoms with Gasteiger partial charge in [-0.2, -0.15) is 0 Å². The van der Waals surface area contributed by atoms with Crippen LogP contribution in [0.4, 0.5) is 4.79 Å². The molecule has 1 N–H and O–H groups in total. The van der Waals surface area contributed by atoms with Gasteiger partial charge in [0, 0.05) is 14.2 Å². The molecule has 8 nitrogen and oxygen atoms in total. The van der Waals surface area contributed by atoms with Crippen LogP contribution in [-0.4, -0.2) is 60.8 Å². The summed E-state index contributed by atoms with van der Waals surface area (Å²) in [5.74, 6) is -0.872. The Morgan fingerprint density at radius 1 is 1.06 bits per heavy atom. The monoisotopic (exact) mass is 450 g/mol. The number of hydrogen-bond donors (Lipinski definition) is 1. The predicted molar refractivity (Wildman–Crippen MR) is 122 cm³/mol. The number of amides is 2. The highest BCUT2D eigenvalue weighted by atomic mass is 16.6. The van der Waals surface area contributed by atoms with Crippen LogP contribution in [0.25, 0.3) is 0 Å². The van der Waals surface area contributed by atoms with Crippen molar-refractivity contribution in [3.63, 3.8) is 0 Å². The Morgan fingerprint density at radius 3 is 2.16 bits per heavy atom. The van der Waals surface area contributed by atoms with Crippen LogP contribution in [0, 0.1) is 5.92 Å². The Bertz CT molecular complexity index is 745. The van der Waals surface area contributed by atoms with Gasteiger partial charge in [0.05, 0.1) is 18.6 Å². The molecule has 3 atom stereocenters. The fourth-order valence-corrected chi connectivity index (χ4v) is 3.07. The number of methoxy groups -OCH3 is 1. The van der Waals surface area contributed by atoms with Crippen LogP contribution in [0.2, 0.25) is 0 Å². The van der Waals surface area contributed by atoms with Crippen molar-refractivity contribution in [2.45, 2.75) is 78.4 Å². The van der Waals surface area contributed by atoms with E-state index in [9.17, 15) is 14.4 Å². The fourth-order valence-electron chi connectivity index (χ4n) is 3.07.